The molecule has 0 spiro atoms. The Morgan fingerprint density at radius 3 is 2.45 bits per heavy atom. The molecule has 1 N–H and O–H groups in total. The molecule has 1 aliphatic rings. The Morgan fingerprint density at radius 2 is 1.85 bits per heavy atom. The lowest BCUT2D eigenvalue weighted by Gasteiger charge is -2.39. The Kier molecular flexibility index (Phi) is 5.12. The summed E-state index contributed by atoms with van der Waals surface area (Å²) in [6.45, 7) is 5.16. The molecule has 1 aliphatic heterocycles. The zero-order valence-corrected chi connectivity index (χ0v) is 12.2. The van der Waals surface area contributed by atoms with Crippen molar-refractivity contribution in [2.75, 3.05) is 6.54 Å². The van der Waals surface area contributed by atoms with E-state index in [-0.39, 0.29) is 11.7 Å². The summed E-state index contributed by atoms with van der Waals surface area (Å²) in [5.74, 6) is -0.0763. The number of carbonyl (C=O) groups is 1. The predicted molar refractivity (Wildman–Crippen MR) is 77.7 cm³/mol. The van der Waals surface area contributed by atoms with Crippen molar-refractivity contribution >= 4 is 5.91 Å². The molecule has 2 rings (SSSR count). The van der Waals surface area contributed by atoms with Crippen LogP contribution in [0.2, 0.25) is 0 Å². The zero-order chi connectivity index (χ0) is 14.5. The number of hydrogen-bond acceptors (Lipinski definition) is 2. The van der Waals surface area contributed by atoms with Crippen LogP contribution in [0, 0.1) is 5.82 Å². The third-order valence-electron chi connectivity index (χ3n) is 4.00. The van der Waals surface area contributed by atoms with Crippen LogP contribution >= 0.6 is 0 Å². The molecular weight excluding hydrogens is 255 g/mol. The van der Waals surface area contributed by atoms with Gasteiger partial charge in [-0.15, -0.1) is 0 Å². The zero-order valence-electron chi connectivity index (χ0n) is 12.2. The molecule has 4 heteroatoms. The summed E-state index contributed by atoms with van der Waals surface area (Å²) in [6, 6.07) is 7.01. The minimum Gasteiger partial charge on any atom is -0.336 e. The smallest absolute Gasteiger partial charge is 0.237 e. The number of nitrogens with zero attached hydrogens (tertiary/aromatic N) is 1. The molecule has 3 nitrogen and oxygen atoms in total. The fourth-order valence-electron chi connectivity index (χ4n) is 2.92. The molecule has 110 valence electrons. The Bertz CT molecular complexity index is 436. The first-order chi connectivity index (χ1) is 9.58. The van der Waals surface area contributed by atoms with Gasteiger partial charge in [0.05, 0.1) is 6.54 Å². The monoisotopic (exact) mass is 278 g/mol. The molecule has 1 heterocycles. The third-order valence-corrected chi connectivity index (χ3v) is 4.00. The molecule has 20 heavy (non-hydrogen) atoms. The number of carbonyl (C=O) groups excluding carboxylic acids is 1. The summed E-state index contributed by atoms with van der Waals surface area (Å²) in [4.78, 5) is 14.3. The van der Waals surface area contributed by atoms with Gasteiger partial charge in [-0.05, 0) is 50.8 Å². The average molecular weight is 278 g/mol. The highest BCUT2D eigenvalue weighted by Gasteiger charge is 2.28. The maximum atomic E-state index is 12.8. The maximum absolute atomic E-state index is 12.8. The van der Waals surface area contributed by atoms with E-state index in [1.807, 2.05) is 4.90 Å². The predicted octanol–water partition coefficient (Wildman–Crippen LogP) is 2.70. The number of piperidine rings is 1. The fraction of sp³-hybridized carbons (Fsp3) is 0.562. The highest BCUT2D eigenvalue weighted by molar-refractivity contribution is 5.79. The van der Waals surface area contributed by atoms with Crippen LogP contribution in [0.3, 0.4) is 0 Å². The van der Waals surface area contributed by atoms with Crippen LogP contribution in [0.4, 0.5) is 4.39 Å². The standard InChI is InChI=1S/C16H23FN2O/c1-12-4-3-5-13(2)19(12)16(20)11-18-10-14-6-8-15(17)9-7-14/h6-9,12-13,18H,3-5,10-11H2,1-2H3. The Balaban J connectivity index is 1.81. The Labute approximate surface area is 120 Å². The normalized spacial score (nSPS) is 22.9. The lowest BCUT2D eigenvalue weighted by molar-refractivity contribution is -0.136. The van der Waals surface area contributed by atoms with Crippen LogP contribution in [-0.2, 0) is 11.3 Å². The number of likely N-dealkylation sites (tertiary alicyclic amines) is 1. The second-order valence-corrected chi connectivity index (χ2v) is 5.66. The SMILES string of the molecule is CC1CCCC(C)N1C(=O)CNCc1ccc(F)cc1. The highest BCUT2D eigenvalue weighted by Crippen LogP contribution is 2.22. The number of rotatable bonds is 4. The van der Waals surface area contributed by atoms with Crippen molar-refractivity contribution in [3.63, 3.8) is 0 Å². The molecule has 0 bridgehead atoms. The van der Waals surface area contributed by atoms with Gasteiger partial charge in [0.1, 0.15) is 5.82 Å². The van der Waals surface area contributed by atoms with Gasteiger partial charge in [0, 0.05) is 18.6 Å². The van der Waals surface area contributed by atoms with E-state index in [1.54, 1.807) is 12.1 Å². The summed E-state index contributed by atoms with van der Waals surface area (Å²) in [5, 5.41) is 3.15. The second kappa shape index (κ2) is 6.84. The van der Waals surface area contributed by atoms with E-state index < -0.39 is 0 Å². The number of amides is 1. The molecule has 1 saturated heterocycles. The molecular formula is C16H23FN2O. The van der Waals surface area contributed by atoms with Gasteiger partial charge >= 0.3 is 0 Å². The van der Waals surface area contributed by atoms with Crippen LogP contribution < -0.4 is 5.32 Å². The van der Waals surface area contributed by atoms with Gasteiger partial charge in [0.2, 0.25) is 5.91 Å². The van der Waals surface area contributed by atoms with E-state index in [1.165, 1.54) is 18.6 Å². The van der Waals surface area contributed by atoms with Crippen LogP contribution in [0.25, 0.3) is 0 Å². The average Bonchev–Trinajstić information content (AvgIpc) is 2.41. The molecule has 0 aliphatic carbocycles. The number of benzene rings is 1. The minimum absolute atomic E-state index is 0.159. The van der Waals surface area contributed by atoms with Gasteiger partial charge in [-0.2, -0.15) is 0 Å². The summed E-state index contributed by atoms with van der Waals surface area (Å²) in [6.07, 6.45) is 3.39. The van der Waals surface area contributed by atoms with E-state index in [0.29, 0.717) is 25.2 Å². The molecule has 0 aromatic heterocycles. The van der Waals surface area contributed by atoms with Crippen molar-refractivity contribution in [3.8, 4) is 0 Å². The molecule has 0 saturated carbocycles. The highest BCUT2D eigenvalue weighted by atomic mass is 19.1. The van der Waals surface area contributed by atoms with Gasteiger partial charge in [-0.1, -0.05) is 12.1 Å². The van der Waals surface area contributed by atoms with E-state index in [4.69, 9.17) is 0 Å². The van der Waals surface area contributed by atoms with Crippen LogP contribution in [0.1, 0.15) is 38.7 Å². The van der Waals surface area contributed by atoms with Crippen molar-refractivity contribution < 1.29 is 9.18 Å². The molecule has 0 radical (unpaired) electrons. The van der Waals surface area contributed by atoms with Crippen molar-refractivity contribution in [2.24, 2.45) is 0 Å². The summed E-state index contributed by atoms with van der Waals surface area (Å²) < 4.78 is 12.8. The van der Waals surface area contributed by atoms with Crippen molar-refractivity contribution in [3.05, 3.63) is 35.6 Å². The van der Waals surface area contributed by atoms with E-state index in [2.05, 4.69) is 19.2 Å². The van der Waals surface area contributed by atoms with Gasteiger partial charge < -0.3 is 10.2 Å². The van der Waals surface area contributed by atoms with E-state index >= 15 is 0 Å². The van der Waals surface area contributed by atoms with Gasteiger partial charge in [-0.3, -0.25) is 4.79 Å². The summed E-state index contributed by atoms with van der Waals surface area (Å²) >= 11 is 0. The summed E-state index contributed by atoms with van der Waals surface area (Å²) in [5.41, 5.74) is 0.985. The molecule has 1 amide bonds. The molecule has 2 atom stereocenters. The fourth-order valence-corrected chi connectivity index (χ4v) is 2.92. The van der Waals surface area contributed by atoms with E-state index in [9.17, 15) is 9.18 Å². The summed E-state index contributed by atoms with van der Waals surface area (Å²) in [7, 11) is 0. The van der Waals surface area contributed by atoms with Gasteiger partial charge in [0.15, 0.2) is 0 Å². The second-order valence-electron chi connectivity index (χ2n) is 5.66. The maximum Gasteiger partial charge on any atom is 0.237 e. The van der Waals surface area contributed by atoms with Crippen LogP contribution in [-0.4, -0.2) is 29.4 Å². The minimum atomic E-state index is -0.235. The topological polar surface area (TPSA) is 32.3 Å². The van der Waals surface area contributed by atoms with Crippen LogP contribution in [0.15, 0.2) is 24.3 Å². The first kappa shape index (κ1) is 15.0. The number of nitrogens with one attached hydrogen (secondary N) is 1. The lowest BCUT2D eigenvalue weighted by atomic mass is 9.97. The van der Waals surface area contributed by atoms with Crippen LogP contribution in [0.5, 0.6) is 0 Å². The third kappa shape index (κ3) is 3.79. The largest absolute Gasteiger partial charge is 0.336 e. The molecule has 2 unspecified atom stereocenters. The van der Waals surface area contributed by atoms with E-state index in [0.717, 1.165) is 18.4 Å². The Morgan fingerprint density at radius 1 is 1.25 bits per heavy atom. The lowest BCUT2D eigenvalue weighted by Crippen LogP contribution is -2.50. The van der Waals surface area contributed by atoms with Gasteiger partial charge in [-0.25, -0.2) is 4.39 Å². The Hall–Kier alpha value is -1.42. The quantitative estimate of drug-likeness (QED) is 0.918. The van der Waals surface area contributed by atoms with Crippen molar-refractivity contribution in [1.82, 2.24) is 10.2 Å². The molecule has 1 fully saturated rings. The van der Waals surface area contributed by atoms with Crippen molar-refractivity contribution in [2.45, 2.75) is 51.7 Å². The molecule has 1 aromatic carbocycles. The first-order valence-electron chi connectivity index (χ1n) is 7.34. The van der Waals surface area contributed by atoms with Gasteiger partial charge in [0.25, 0.3) is 0 Å². The first-order valence-corrected chi connectivity index (χ1v) is 7.34. The molecule has 1 aromatic rings. The number of hydrogen-bond donors (Lipinski definition) is 1. The van der Waals surface area contributed by atoms with Crippen molar-refractivity contribution in [1.29, 1.82) is 0 Å². The number of halogens is 1.